The van der Waals surface area contributed by atoms with Crippen LogP contribution in [-0.4, -0.2) is 17.5 Å². The Hall–Kier alpha value is 0.310. The molecule has 41 valence electrons. The maximum absolute atomic E-state index is 5.47. The normalized spacial score (nSPS) is 26.6. The Morgan fingerprint density at radius 2 is 2.29 bits per heavy atom. The number of hydrogen-bond donors (Lipinski definition) is 1. The van der Waals surface area contributed by atoms with E-state index >= 15 is 0 Å². The number of hydrogen-bond acceptors (Lipinski definition) is 2. The molecule has 0 spiro atoms. The summed E-state index contributed by atoms with van der Waals surface area (Å²) in [7, 11) is 0. The van der Waals surface area contributed by atoms with Crippen LogP contribution in [0, 0.1) is 12.8 Å². The molecule has 0 amide bonds. The molecule has 1 aliphatic heterocycles. The summed E-state index contributed by atoms with van der Waals surface area (Å²) < 4.78 is 0. The van der Waals surface area contributed by atoms with Gasteiger partial charge in [0.05, 0.1) is 0 Å². The average molecular weight is 116 g/mol. The van der Waals surface area contributed by atoms with E-state index in [0.29, 0.717) is 5.92 Å². The summed E-state index contributed by atoms with van der Waals surface area (Å²) in [6.45, 7) is 3.72. The molecule has 1 rings (SSSR count). The van der Waals surface area contributed by atoms with Crippen molar-refractivity contribution in [3.63, 3.8) is 0 Å². The second-order valence-corrected chi connectivity index (χ2v) is 3.04. The van der Waals surface area contributed by atoms with E-state index in [0.717, 1.165) is 0 Å². The molecule has 0 aromatic heterocycles. The third kappa shape index (κ3) is 1.10. The van der Waals surface area contributed by atoms with Gasteiger partial charge >= 0.3 is 0 Å². The number of thioether (sulfide) groups is 1. The second-order valence-electron chi connectivity index (χ2n) is 1.96. The van der Waals surface area contributed by atoms with Gasteiger partial charge in [-0.1, -0.05) is 0 Å². The molecule has 7 heavy (non-hydrogen) atoms. The molecule has 1 nitrogen and oxygen atoms in total. The highest BCUT2D eigenvalue weighted by Gasteiger charge is 2.21. The van der Waals surface area contributed by atoms with Crippen LogP contribution in [0.4, 0.5) is 0 Å². The summed E-state index contributed by atoms with van der Waals surface area (Å²) in [5, 5.41) is 0. The third-order valence-electron chi connectivity index (χ3n) is 1.27. The van der Waals surface area contributed by atoms with Crippen molar-refractivity contribution in [2.24, 2.45) is 11.7 Å². The highest BCUT2D eigenvalue weighted by molar-refractivity contribution is 8.00. The molecule has 1 atom stereocenters. The summed E-state index contributed by atoms with van der Waals surface area (Å²) in [4.78, 5) is 0. The van der Waals surface area contributed by atoms with Crippen molar-refractivity contribution in [2.45, 2.75) is 6.04 Å². The predicted octanol–water partition coefficient (Wildman–Crippen LogP) is 0.511. The Kier molecular flexibility index (Phi) is 1.60. The van der Waals surface area contributed by atoms with Crippen molar-refractivity contribution in [1.29, 1.82) is 0 Å². The van der Waals surface area contributed by atoms with Gasteiger partial charge in [0.1, 0.15) is 0 Å². The fraction of sp³-hybridized carbons (Fsp3) is 0.800. The van der Waals surface area contributed by atoms with Gasteiger partial charge in [-0.2, -0.15) is 11.8 Å². The molecule has 0 saturated carbocycles. The molecule has 0 bridgehead atoms. The first-order valence-corrected chi connectivity index (χ1v) is 3.62. The molecule has 1 heterocycles. The molecule has 1 radical (unpaired) electrons. The van der Waals surface area contributed by atoms with Crippen molar-refractivity contribution >= 4 is 11.8 Å². The van der Waals surface area contributed by atoms with Gasteiger partial charge in [-0.05, 0) is 24.3 Å². The molecule has 0 aromatic carbocycles. The van der Waals surface area contributed by atoms with Crippen molar-refractivity contribution in [3.8, 4) is 0 Å². The van der Waals surface area contributed by atoms with Gasteiger partial charge in [0.25, 0.3) is 0 Å². The Morgan fingerprint density at radius 1 is 1.71 bits per heavy atom. The first-order chi connectivity index (χ1) is 3.30. The van der Waals surface area contributed by atoms with Crippen LogP contribution in [0.2, 0.25) is 0 Å². The lowest BCUT2D eigenvalue weighted by Gasteiger charge is -2.27. The lowest BCUT2D eigenvalue weighted by molar-refractivity contribution is 0.561. The third-order valence-corrected chi connectivity index (χ3v) is 2.60. The highest BCUT2D eigenvalue weighted by atomic mass is 32.2. The molecule has 1 saturated heterocycles. The lowest BCUT2D eigenvalue weighted by Crippen LogP contribution is -2.35. The van der Waals surface area contributed by atoms with Gasteiger partial charge in [-0.15, -0.1) is 0 Å². The highest BCUT2D eigenvalue weighted by Crippen LogP contribution is 2.25. The van der Waals surface area contributed by atoms with Crippen LogP contribution in [0.25, 0.3) is 0 Å². The minimum Gasteiger partial charge on any atom is -0.327 e. The molecule has 1 fully saturated rings. The minimum absolute atomic E-state index is 0.182. The molecule has 1 unspecified atom stereocenters. The molecule has 1 aliphatic rings. The largest absolute Gasteiger partial charge is 0.327 e. The maximum atomic E-state index is 5.47. The monoisotopic (exact) mass is 116 g/mol. The quantitative estimate of drug-likeness (QED) is 0.540. The van der Waals surface area contributed by atoms with E-state index < -0.39 is 0 Å². The fourth-order valence-electron chi connectivity index (χ4n) is 0.501. The lowest BCUT2D eigenvalue weighted by atomic mass is 10.1. The molecule has 0 aliphatic carbocycles. The zero-order valence-corrected chi connectivity index (χ0v) is 5.08. The molecule has 2 heteroatoms. The smallest absolute Gasteiger partial charge is 0.00835 e. The van der Waals surface area contributed by atoms with Crippen LogP contribution in [0.3, 0.4) is 0 Å². The first-order valence-electron chi connectivity index (χ1n) is 2.47. The second kappa shape index (κ2) is 2.05. The summed E-state index contributed by atoms with van der Waals surface area (Å²) in [5.74, 6) is 3.17. The fourth-order valence-corrected chi connectivity index (χ4v) is 1.50. The van der Waals surface area contributed by atoms with E-state index in [-0.39, 0.29) is 6.04 Å². The molecule has 0 aromatic rings. The minimum atomic E-state index is 0.182. The molecule has 2 N–H and O–H groups in total. The van der Waals surface area contributed by atoms with Crippen molar-refractivity contribution in [2.75, 3.05) is 11.5 Å². The zero-order valence-electron chi connectivity index (χ0n) is 4.26. The van der Waals surface area contributed by atoms with Crippen molar-refractivity contribution in [1.82, 2.24) is 0 Å². The van der Waals surface area contributed by atoms with E-state index in [1.54, 1.807) is 0 Å². The van der Waals surface area contributed by atoms with E-state index in [1.165, 1.54) is 11.5 Å². The standard InChI is InChI=1S/C5H10NS/c1-4(6)5-2-7-3-5/h4-5H,1-3,6H2. The SMILES string of the molecule is [CH2]C(N)C1CSC1. The summed E-state index contributed by atoms with van der Waals surface area (Å²) in [5.41, 5.74) is 5.47. The molecular weight excluding hydrogens is 106 g/mol. The summed E-state index contributed by atoms with van der Waals surface area (Å²) >= 11 is 1.95. The van der Waals surface area contributed by atoms with Gasteiger partial charge in [0.2, 0.25) is 0 Å². The van der Waals surface area contributed by atoms with Crippen LogP contribution in [0.1, 0.15) is 0 Å². The van der Waals surface area contributed by atoms with E-state index in [9.17, 15) is 0 Å². The van der Waals surface area contributed by atoms with Crippen LogP contribution >= 0.6 is 11.8 Å². The van der Waals surface area contributed by atoms with E-state index in [2.05, 4.69) is 6.92 Å². The summed E-state index contributed by atoms with van der Waals surface area (Å²) in [6, 6.07) is 0.182. The van der Waals surface area contributed by atoms with Crippen molar-refractivity contribution < 1.29 is 0 Å². The summed E-state index contributed by atoms with van der Waals surface area (Å²) in [6.07, 6.45) is 0. The topological polar surface area (TPSA) is 26.0 Å². The Bertz CT molecular complexity index is 59.1. The van der Waals surface area contributed by atoms with Crippen molar-refractivity contribution in [3.05, 3.63) is 6.92 Å². The molecular formula is C5H10NS. The Labute approximate surface area is 48.7 Å². The van der Waals surface area contributed by atoms with Gasteiger partial charge in [0.15, 0.2) is 0 Å². The van der Waals surface area contributed by atoms with Gasteiger partial charge < -0.3 is 5.73 Å². The van der Waals surface area contributed by atoms with Crippen LogP contribution in [-0.2, 0) is 0 Å². The first kappa shape index (κ1) is 5.45. The van der Waals surface area contributed by atoms with Gasteiger partial charge in [0, 0.05) is 6.04 Å². The van der Waals surface area contributed by atoms with E-state index in [4.69, 9.17) is 5.73 Å². The number of nitrogens with two attached hydrogens (primary N) is 1. The number of rotatable bonds is 1. The zero-order chi connectivity index (χ0) is 5.28. The van der Waals surface area contributed by atoms with Crippen LogP contribution in [0.15, 0.2) is 0 Å². The van der Waals surface area contributed by atoms with Crippen LogP contribution < -0.4 is 5.73 Å². The van der Waals surface area contributed by atoms with Gasteiger partial charge in [-0.25, -0.2) is 0 Å². The van der Waals surface area contributed by atoms with E-state index in [1.807, 2.05) is 11.8 Å². The van der Waals surface area contributed by atoms with Gasteiger partial charge in [-0.3, -0.25) is 0 Å². The Balaban J connectivity index is 2.14. The maximum Gasteiger partial charge on any atom is 0.00835 e. The average Bonchev–Trinajstić information content (AvgIpc) is 1.23. The van der Waals surface area contributed by atoms with Crippen LogP contribution in [0.5, 0.6) is 0 Å². The Morgan fingerprint density at radius 3 is 2.29 bits per heavy atom. The predicted molar refractivity (Wildman–Crippen MR) is 34.1 cm³/mol.